The number of amides is 1. The van der Waals surface area contributed by atoms with Crippen LogP contribution in [0.25, 0.3) is 0 Å². The normalized spacial score (nSPS) is 21.8. The second-order valence-electron chi connectivity index (χ2n) is 3.93. The zero-order valence-corrected chi connectivity index (χ0v) is 9.51. The van der Waals surface area contributed by atoms with Crippen molar-refractivity contribution in [3.8, 4) is 0 Å². The van der Waals surface area contributed by atoms with Crippen molar-refractivity contribution < 1.29 is 4.79 Å². The smallest absolute Gasteiger partial charge is 0.263 e. The Bertz CT molecular complexity index is 363. The average Bonchev–Trinajstić information content (AvgIpc) is 2.75. The molecule has 0 spiro atoms. The molecule has 0 aliphatic carbocycles. The first kappa shape index (κ1) is 10.4. The number of nitrogen functional groups attached to an aromatic ring is 1. The van der Waals surface area contributed by atoms with Crippen LogP contribution in [-0.4, -0.2) is 37.0 Å². The third-order valence-electron chi connectivity index (χ3n) is 2.63. The first-order valence-electron chi connectivity index (χ1n) is 4.99. The van der Waals surface area contributed by atoms with Gasteiger partial charge >= 0.3 is 0 Å². The molecule has 0 radical (unpaired) electrons. The van der Waals surface area contributed by atoms with E-state index in [-0.39, 0.29) is 11.9 Å². The third kappa shape index (κ3) is 2.30. The molecule has 1 aliphatic rings. The van der Waals surface area contributed by atoms with Gasteiger partial charge in [0.1, 0.15) is 4.88 Å². The average molecular weight is 225 g/mol. The van der Waals surface area contributed by atoms with Gasteiger partial charge in [0.25, 0.3) is 5.91 Å². The van der Waals surface area contributed by atoms with Crippen molar-refractivity contribution in [3.63, 3.8) is 0 Å². The number of carbonyl (C=O) groups excluding carboxylic acids is 1. The van der Waals surface area contributed by atoms with Crippen LogP contribution in [-0.2, 0) is 0 Å². The summed E-state index contributed by atoms with van der Waals surface area (Å²) in [6.45, 7) is 1.97. The summed E-state index contributed by atoms with van der Waals surface area (Å²) in [5.74, 6) is -0.0391. The van der Waals surface area contributed by atoms with E-state index in [1.807, 2.05) is 5.38 Å². The van der Waals surface area contributed by atoms with E-state index in [4.69, 9.17) is 5.73 Å². The lowest BCUT2D eigenvalue weighted by Gasteiger charge is -2.12. The van der Waals surface area contributed by atoms with E-state index in [9.17, 15) is 4.79 Å². The Morgan fingerprint density at radius 3 is 3.07 bits per heavy atom. The molecule has 1 atom stereocenters. The summed E-state index contributed by atoms with van der Waals surface area (Å²) in [6.07, 6.45) is 1.02. The lowest BCUT2D eigenvalue weighted by atomic mass is 10.2. The number of nitrogens with one attached hydrogen (secondary N) is 1. The maximum atomic E-state index is 11.8. The number of nitrogens with two attached hydrogens (primary N) is 1. The predicted octanol–water partition coefficient (Wildman–Crippen LogP) is 0.764. The van der Waals surface area contributed by atoms with Gasteiger partial charge in [-0.2, -0.15) is 0 Å². The van der Waals surface area contributed by atoms with E-state index in [0.717, 1.165) is 19.5 Å². The number of hydrogen-bond donors (Lipinski definition) is 2. The van der Waals surface area contributed by atoms with Crippen LogP contribution in [0.4, 0.5) is 5.69 Å². The summed E-state index contributed by atoms with van der Waals surface area (Å²) in [5.41, 5.74) is 6.26. The van der Waals surface area contributed by atoms with Crippen LogP contribution in [0, 0.1) is 0 Å². The van der Waals surface area contributed by atoms with Crippen LogP contribution >= 0.6 is 11.3 Å². The van der Waals surface area contributed by atoms with Crippen LogP contribution in [0.5, 0.6) is 0 Å². The molecule has 2 heterocycles. The quantitative estimate of drug-likeness (QED) is 0.781. The fraction of sp³-hybridized carbons (Fsp3) is 0.500. The van der Waals surface area contributed by atoms with Gasteiger partial charge in [-0.15, -0.1) is 11.3 Å². The highest BCUT2D eigenvalue weighted by atomic mass is 32.1. The van der Waals surface area contributed by atoms with E-state index in [2.05, 4.69) is 17.3 Å². The van der Waals surface area contributed by atoms with E-state index in [1.165, 1.54) is 11.3 Å². The van der Waals surface area contributed by atoms with Crippen molar-refractivity contribution >= 4 is 22.9 Å². The van der Waals surface area contributed by atoms with Crippen LogP contribution in [0.3, 0.4) is 0 Å². The summed E-state index contributed by atoms with van der Waals surface area (Å²) in [7, 11) is 2.06. The van der Waals surface area contributed by atoms with E-state index < -0.39 is 0 Å². The highest BCUT2D eigenvalue weighted by molar-refractivity contribution is 7.12. The number of likely N-dealkylation sites (tertiary alicyclic amines) is 1. The van der Waals surface area contributed by atoms with Crippen molar-refractivity contribution in [2.75, 3.05) is 25.9 Å². The second-order valence-corrected chi connectivity index (χ2v) is 4.84. The number of rotatable bonds is 2. The Morgan fingerprint density at radius 1 is 1.73 bits per heavy atom. The van der Waals surface area contributed by atoms with Gasteiger partial charge in [0.05, 0.1) is 5.69 Å². The van der Waals surface area contributed by atoms with Crippen molar-refractivity contribution in [1.29, 1.82) is 0 Å². The van der Waals surface area contributed by atoms with Crippen molar-refractivity contribution in [2.24, 2.45) is 0 Å². The minimum absolute atomic E-state index is 0.0391. The molecule has 1 unspecified atom stereocenters. The fourth-order valence-corrected chi connectivity index (χ4v) is 2.53. The van der Waals surface area contributed by atoms with Crippen LogP contribution in [0.1, 0.15) is 16.1 Å². The molecular weight excluding hydrogens is 210 g/mol. The van der Waals surface area contributed by atoms with Gasteiger partial charge < -0.3 is 16.0 Å². The lowest BCUT2D eigenvalue weighted by molar-refractivity contribution is 0.0943. The Labute approximate surface area is 93.1 Å². The molecule has 4 nitrogen and oxygen atoms in total. The van der Waals surface area contributed by atoms with E-state index in [0.29, 0.717) is 10.6 Å². The monoisotopic (exact) mass is 225 g/mol. The van der Waals surface area contributed by atoms with Crippen LogP contribution in [0.2, 0.25) is 0 Å². The maximum Gasteiger partial charge on any atom is 0.263 e. The molecule has 15 heavy (non-hydrogen) atoms. The molecule has 0 bridgehead atoms. The maximum absolute atomic E-state index is 11.8. The number of anilines is 1. The minimum atomic E-state index is -0.0391. The Kier molecular flexibility index (Phi) is 2.93. The zero-order chi connectivity index (χ0) is 10.8. The molecule has 5 heteroatoms. The third-order valence-corrected chi connectivity index (χ3v) is 3.56. The van der Waals surface area contributed by atoms with Gasteiger partial charge in [-0.25, -0.2) is 0 Å². The SMILES string of the molecule is CN1CCC(NC(=O)c2sccc2N)C1. The second kappa shape index (κ2) is 4.20. The van der Waals surface area contributed by atoms with Crippen molar-refractivity contribution in [2.45, 2.75) is 12.5 Å². The minimum Gasteiger partial charge on any atom is -0.397 e. The van der Waals surface area contributed by atoms with Gasteiger partial charge in [-0.1, -0.05) is 0 Å². The highest BCUT2D eigenvalue weighted by Crippen LogP contribution is 2.19. The molecule has 1 aromatic heterocycles. The Balaban J connectivity index is 1.96. The molecule has 0 aromatic carbocycles. The number of hydrogen-bond acceptors (Lipinski definition) is 4. The van der Waals surface area contributed by atoms with Gasteiger partial charge in [0.2, 0.25) is 0 Å². The summed E-state index contributed by atoms with van der Waals surface area (Å²) in [4.78, 5) is 14.6. The first-order chi connectivity index (χ1) is 7.16. The van der Waals surface area contributed by atoms with Gasteiger partial charge in [-0.05, 0) is 31.5 Å². The first-order valence-corrected chi connectivity index (χ1v) is 5.87. The largest absolute Gasteiger partial charge is 0.397 e. The highest BCUT2D eigenvalue weighted by Gasteiger charge is 2.22. The Hall–Kier alpha value is -1.07. The molecule has 1 saturated heterocycles. The molecular formula is C10H15N3OS. The van der Waals surface area contributed by atoms with Gasteiger partial charge in [-0.3, -0.25) is 4.79 Å². The molecule has 1 aliphatic heterocycles. The molecule has 2 rings (SSSR count). The number of thiophene rings is 1. The van der Waals surface area contributed by atoms with E-state index in [1.54, 1.807) is 6.07 Å². The predicted molar refractivity (Wildman–Crippen MR) is 62.1 cm³/mol. The van der Waals surface area contributed by atoms with Gasteiger partial charge in [0, 0.05) is 12.6 Å². The molecule has 1 aromatic rings. The number of likely N-dealkylation sites (N-methyl/N-ethyl adjacent to an activating group) is 1. The van der Waals surface area contributed by atoms with Crippen LogP contribution in [0.15, 0.2) is 11.4 Å². The van der Waals surface area contributed by atoms with E-state index >= 15 is 0 Å². The number of nitrogens with zero attached hydrogens (tertiary/aromatic N) is 1. The van der Waals surface area contributed by atoms with Crippen molar-refractivity contribution in [3.05, 3.63) is 16.3 Å². The molecule has 3 N–H and O–H groups in total. The molecule has 82 valence electrons. The summed E-state index contributed by atoms with van der Waals surface area (Å²) in [6, 6.07) is 2.03. The molecule has 0 saturated carbocycles. The van der Waals surface area contributed by atoms with Gasteiger partial charge in [0.15, 0.2) is 0 Å². The standard InChI is InChI=1S/C10H15N3OS/c1-13-4-2-7(6-13)12-10(14)9-8(11)3-5-15-9/h3,5,7H,2,4,6,11H2,1H3,(H,12,14). The Morgan fingerprint density at radius 2 is 2.53 bits per heavy atom. The summed E-state index contributed by atoms with van der Waals surface area (Å²) in [5, 5.41) is 4.84. The topological polar surface area (TPSA) is 58.4 Å². The lowest BCUT2D eigenvalue weighted by Crippen LogP contribution is -2.36. The van der Waals surface area contributed by atoms with Crippen LogP contribution < -0.4 is 11.1 Å². The zero-order valence-electron chi connectivity index (χ0n) is 8.69. The summed E-state index contributed by atoms with van der Waals surface area (Å²) < 4.78 is 0. The fourth-order valence-electron chi connectivity index (χ4n) is 1.81. The van der Waals surface area contributed by atoms with Crippen molar-refractivity contribution in [1.82, 2.24) is 10.2 Å². The molecule has 1 amide bonds. The molecule has 1 fully saturated rings. The summed E-state index contributed by atoms with van der Waals surface area (Å²) >= 11 is 1.39. The number of carbonyl (C=O) groups is 1.